The smallest absolute Gasteiger partial charge is 0.306 e. The summed E-state index contributed by atoms with van der Waals surface area (Å²) in [5, 5.41) is 20.6. The molecule has 1 saturated heterocycles. The predicted octanol–water partition coefficient (Wildman–Crippen LogP) is 0.850. The van der Waals surface area contributed by atoms with E-state index in [1.165, 1.54) is 0 Å². The largest absolute Gasteiger partial charge is 0.507 e. The lowest BCUT2D eigenvalue weighted by atomic mass is 9.89. The second kappa shape index (κ2) is 5.73. The molecule has 6 heteroatoms. The Morgan fingerprint density at radius 2 is 2.14 bits per heavy atom. The molecule has 1 aliphatic heterocycles. The minimum atomic E-state index is -1.19. The average molecular weight is 293 g/mol. The fraction of sp³-hybridized carbons (Fsp3) is 0.467. The quantitative estimate of drug-likeness (QED) is 0.713. The molecule has 114 valence electrons. The third-order valence-electron chi connectivity index (χ3n) is 3.73. The van der Waals surface area contributed by atoms with Gasteiger partial charge in [0.25, 0.3) is 0 Å². The molecule has 0 aromatic heterocycles. The summed E-state index contributed by atoms with van der Waals surface area (Å²) in [5.41, 5.74) is 6.95. The van der Waals surface area contributed by atoms with Crippen LogP contribution >= 0.6 is 0 Å². The fourth-order valence-corrected chi connectivity index (χ4v) is 2.79. The van der Waals surface area contributed by atoms with E-state index < -0.39 is 30.0 Å². The zero-order chi connectivity index (χ0) is 15.7. The van der Waals surface area contributed by atoms with Crippen LogP contribution in [0.2, 0.25) is 0 Å². The minimum Gasteiger partial charge on any atom is -0.507 e. The molecule has 4 N–H and O–H groups in total. The maximum atomic E-state index is 11.5. The van der Waals surface area contributed by atoms with Crippen LogP contribution in [-0.4, -0.2) is 28.2 Å². The summed E-state index contributed by atoms with van der Waals surface area (Å²) in [4.78, 5) is 22.5. The van der Waals surface area contributed by atoms with Gasteiger partial charge in [-0.1, -0.05) is 11.6 Å². The van der Waals surface area contributed by atoms with Crippen LogP contribution in [0.3, 0.4) is 0 Å². The van der Waals surface area contributed by atoms with Crippen molar-refractivity contribution in [1.82, 2.24) is 0 Å². The number of aliphatic hydroxyl groups is 1. The Hall–Kier alpha value is -2.08. The van der Waals surface area contributed by atoms with E-state index in [0.717, 1.165) is 5.56 Å². The molecule has 1 unspecified atom stereocenters. The van der Waals surface area contributed by atoms with Crippen LogP contribution in [0.25, 0.3) is 0 Å². The number of carbonyl (C=O) groups excluding carboxylic acids is 2. The predicted molar refractivity (Wildman–Crippen MR) is 74.3 cm³/mol. The van der Waals surface area contributed by atoms with Gasteiger partial charge in [0.2, 0.25) is 5.91 Å². The zero-order valence-electron chi connectivity index (χ0n) is 12.0. The number of primary amides is 1. The van der Waals surface area contributed by atoms with E-state index in [4.69, 9.17) is 10.5 Å². The topological polar surface area (TPSA) is 110 Å². The van der Waals surface area contributed by atoms with Crippen LogP contribution in [0.15, 0.2) is 12.1 Å². The maximum Gasteiger partial charge on any atom is 0.306 e. The number of carbonyl (C=O) groups is 2. The van der Waals surface area contributed by atoms with Crippen molar-refractivity contribution in [3.05, 3.63) is 28.8 Å². The number of esters is 1. The number of ether oxygens (including phenoxy) is 1. The first-order valence-electron chi connectivity index (χ1n) is 6.75. The normalized spacial score (nSPS) is 22.9. The summed E-state index contributed by atoms with van der Waals surface area (Å²) in [5.74, 6) is -1.55. The first-order valence-corrected chi connectivity index (χ1v) is 6.75. The number of aliphatic hydroxyl groups excluding tert-OH is 1. The molecule has 3 atom stereocenters. The minimum absolute atomic E-state index is 0.0335. The number of rotatable bonds is 4. The number of aryl methyl sites for hydroxylation is 2. The number of nitrogens with two attached hydrogens (primary N) is 1. The Labute approximate surface area is 122 Å². The van der Waals surface area contributed by atoms with E-state index >= 15 is 0 Å². The third-order valence-corrected chi connectivity index (χ3v) is 3.73. The van der Waals surface area contributed by atoms with Gasteiger partial charge in [0.1, 0.15) is 18.0 Å². The highest BCUT2D eigenvalue weighted by Crippen LogP contribution is 2.38. The summed E-state index contributed by atoms with van der Waals surface area (Å²) in [7, 11) is 0. The Balaban J connectivity index is 2.32. The van der Waals surface area contributed by atoms with Crippen LogP contribution in [0.5, 0.6) is 5.75 Å². The Morgan fingerprint density at radius 1 is 1.48 bits per heavy atom. The van der Waals surface area contributed by atoms with E-state index in [2.05, 4.69) is 0 Å². The van der Waals surface area contributed by atoms with Gasteiger partial charge in [-0.25, -0.2) is 0 Å². The lowest BCUT2D eigenvalue weighted by Gasteiger charge is -2.24. The second-order valence-corrected chi connectivity index (χ2v) is 5.55. The molecular formula is C15H19NO5. The molecule has 1 aromatic carbocycles. The van der Waals surface area contributed by atoms with Gasteiger partial charge in [0, 0.05) is 17.9 Å². The molecule has 2 rings (SSSR count). The van der Waals surface area contributed by atoms with Gasteiger partial charge in [-0.15, -0.1) is 0 Å². The van der Waals surface area contributed by atoms with E-state index in [-0.39, 0.29) is 18.6 Å². The number of hydrogen-bond donors (Lipinski definition) is 3. The van der Waals surface area contributed by atoms with Crippen molar-refractivity contribution in [2.24, 2.45) is 11.7 Å². The van der Waals surface area contributed by atoms with Gasteiger partial charge in [-0.3, -0.25) is 9.59 Å². The van der Waals surface area contributed by atoms with Crippen molar-refractivity contribution < 1.29 is 24.5 Å². The fourth-order valence-electron chi connectivity index (χ4n) is 2.79. The van der Waals surface area contributed by atoms with Gasteiger partial charge < -0.3 is 20.7 Å². The van der Waals surface area contributed by atoms with Crippen LogP contribution < -0.4 is 5.73 Å². The van der Waals surface area contributed by atoms with E-state index in [0.29, 0.717) is 11.1 Å². The van der Waals surface area contributed by atoms with Crippen molar-refractivity contribution in [3.8, 4) is 5.75 Å². The number of cyclic esters (lactones) is 1. The number of phenolic OH excluding ortho intramolecular Hbond substituents is 1. The van der Waals surface area contributed by atoms with Crippen LogP contribution in [0.4, 0.5) is 0 Å². The zero-order valence-corrected chi connectivity index (χ0v) is 12.0. The lowest BCUT2D eigenvalue weighted by Crippen LogP contribution is -2.28. The molecule has 1 aromatic rings. The second-order valence-electron chi connectivity index (χ2n) is 5.55. The molecule has 21 heavy (non-hydrogen) atoms. The average Bonchev–Trinajstić information content (AvgIpc) is 2.73. The molecule has 1 heterocycles. The summed E-state index contributed by atoms with van der Waals surface area (Å²) < 4.78 is 5.12. The number of hydrogen-bond acceptors (Lipinski definition) is 5. The Kier molecular flexibility index (Phi) is 4.18. The number of amides is 1. The summed E-state index contributed by atoms with van der Waals surface area (Å²) >= 11 is 0. The molecular weight excluding hydrogens is 274 g/mol. The van der Waals surface area contributed by atoms with Gasteiger partial charge in [-0.2, -0.15) is 0 Å². The molecule has 0 radical (unpaired) electrons. The monoisotopic (exact) mass is 293 g/mol. The summed E-state index contributed by atoms with van der Waals surface area (Å²) in [6.45, 7) is 3.56. The molecule has 0 aliphatic carbocycles. The molecule has 0 spiro atoms. The van der Waals surface area contributed by atoms with Crippen molar-refractivity contribution in [1.29, 1.82) is 0 Å². The maximum absolute atomic E-state index is 11.5. The Morgan fingerprint density at radius 3 is 2.76 bits per heavy atom. The number of aromatic hydroxyl groups is 1. The summed E-state index contributed by atoms with van der Waals surface area (Å²) in [6, 6.07) is 3.42. The van der Waals surface area contributed by atoms with Crippen molar-refractivity contribution >= 4 is 11.9 Å². The van der Waals surface area contributed by atoms with Gasteiger partial charge in [0.05, 0.1) is 6.42 Å². The molecule has 1 aliphatic rings. The first kappa shape index (κ1) is 15.3. The van der Waals surface area contributed by atoms with Crippen LogP contribution in [0.1, 0.15) is 35.6 Å². The van der Waals surface area contributed by atoms with Crippen LogP contribution in [0, 0.1) is 19.8 Å². The highest BCUT2D eigenvalue weighted by molar-refractivity contribution is 5.77. The van der Waals surface area contributed by atoms with Crippen LogP contribution in [-0.2, 0) is 14.3 Å². The highest BCUT2D eigenvalue weighted by atomic mass is 16.6. The van der Waals surface area contributed by atoms with E-state index in [1.54, 1.807) is 19.1 Å². The third kappa shape index (κ3) is 3.16. The van der Waals surface area contributed by atoms with Crippen molar-refractivity contribution in [2.45, 2.75) is 38.9 Å². The number of benzene rings is 1. The number of phenols is 1. The van der Waals surface area contributed by atoms with Crippen molar-refractivity contribution in [3.63, 3.8) is 0 Å². The van der Waals surface area contributed by atoms with E-state index in [9.17, 15) is 19.8 Å². The molecule has 0 saturated carbocycles. The van der Waals surface area contributed by atoms with Gasteiger partial charge in [0.15, 0.2) is 0 Å². The molecule has 1 fully saturated rings. The summed E-state index contributed by atoms with van der Waals surface area (Å²) in [6.07, 6.45) is -2.08. The standard InChI is InChI=1S/C15H19NO5/c1-7-3-8(2)13(19)10(4-7)14(20)15-9(5-11(16)17)6-12(18)21-15/h3-4,9,14-15,19-20H,5-6H2,1-2H3,(H2,16,17)/t9-,14?,15+/m0/s1. The lowest BCUT2D eigenvalue weighted by molar-refractivity contribution is -0.146. The highest BCUT2D eigenvalue weighted by Gasteiger charge is 2.41. The Bertz CT molecular complexity index is 584. The molecule has 0 bridgehead atoms. The van der Waals surface area contributed by atoms with Crippen molar-refractivity contribution in [2.75, 3.05) is 0 Å². The van der Waals surface area contributed by atoms with E-state index in [1.807, 2.05) is 6.92 Å². The first-order chi connectivity index (χ1) is 9.79. The van der Waals surface area contributed by atoms with Gasteiger partial charge >= 0.3 is 5.97 Å². The molecule has 1 amide bonds. The SMILES string of the molecule is Cc1cc(C)c(O)c(C(O)[C@@H]2OC(=O)C[C@@H]2CC(N)=O)c1. The van der Waals surface area contributed by atoms with Gasteiger partial charge in [-0.05, 0) is 25.5 Å². The molecule has 6 nitrogen and oxygen atoms in total.